The third kappa shape index (κ3) is 4.11. The maximum atomic E-state index is 6.53. The Morgan fingerprint density at radius 1 is 0.562 bits per heavy atom. The van der Waals surface area contributed by atoms with Crippen molar-refractivity contribution in [1.82, 2.24) is 23.8 Å². The molecule has 0 aliphatic heterocycles. The SMILES string of the molecule is CC(C)(C)c1ccc2c3ccc(Oc4[c-]c5c(cc4)c4cccnc4n4c6ccccc6nc54)[c-]c3c3nc4ccccc4n3c2c1.[Pd+2]. The van der Waals surface area contributed by atoms with Gasteiger partial charge in [0.15, 0.2) is 0 Å². The number of para-hydroxylation sites is 4. The van der Waals surface area contributed by atoms with Crippen LogP contribution in [0.5, 0.6) is 11.5 Å². The molecule has 0 unspecified atom stereocenters. The summed E-state index contributed by atoms with van der Waals surface area (Å²) >= 11 is 0. The molecular weight excluding hydrogens is 685 g/mol. The van der Waals surface area contributed by atoms with Crippen LogP contribution < -0.4 is 4.74 Å². The molecule has 0 bridgehead atoms. The zero-order chi connectivity index (χ0) is 31.4. The topological polar surface area (TPSA) is 56.7 Å². The molecule has 6 nitrogen and oxygen atoms in total. The average Bonchev–Trinajstić information content (AvgIpc) is 3.68. The van der Waals surface area contributed by atoms with Gasteiger partial charge in [-0.3, -0.25) is 9.97 Å². The Balaban J connectivity index is 0.00000314. The van der Waals surface area contributed by atoms with Gasteiger partial charge >= 0.3 is 20.4 Å². The first-order chi connectivity index (χ1) is 22.9. The minimum absolute atomic E-state index is 0. The molecule has 7 heteroatoms. The van der Waals surface area contributed by atoms with Gasteiger partial charge in [-0.05, 0) is 58.1 Å². The van der Waals surface area contributed by atoms with E-state index in [0.29, 0.717) is 11.5 Å². The first-order valence-corrected chi connectivity index (χ1v) is 15.8. The van der Waals surface area contributed by atoms with Gasteiger partial charge in [-0.15, -0.1) is 12.1 Å². The van der Waals surface area contributed by atoms with Crippen molar-refractivity contribution in [3.63, 3.8) is 0 Å². The second kappa shape index (κ2) is 10.3. The summed E-state index contributed by atoms with van der Waals surface area (Å²) in [4.78, 5) is 14.9. The van der Waals surface area contributed by atoms with Crippen molar-refractivity contribution >= 4 is 76.8 Å². The molecule has 0 amide bonds. The van der Waals surface area contributed by atoms with Gasteiger partial charge < -0.3 is 13.5 Å². The molecular formula is C41H27N5OPd. The second-order valence-electron chi connectivity index (χ2n) is 13.2. The molecule has 0 N–H and O–H groups in total. The van der Waals surface area contributed by atoms with Crippen LogP contribution in [0.25, 0.3) is 76.8 Å². The number of imidazole rings is 2. The number of ether oxygens (including phenoxy) is 1. The fourth-order valence-electron chi connectivity index (χ4n) is 7.03. The number of aromatic nitrogens is 5. The van der Waals surface area contributed by atoms with Gasteiger partial charge in [0.1, 0.15) is 5.65 Å². The third-order valence-corrected chi connectivity index (χ3v) is 9.31. The van der Waals surface area contributed by atoms with E-state index < -0.39 is 0 Å². The van der Waals surface area contributed by atoms with Crippen molar-refractivity contribution < 1.29 is 25.2 Å². The van der Waals surface area contributed by atoms with E-state index in [4.69, 9.17) is 19.7 Å². The molecule has 0 saturated carbocycles. The first kappa shape index (κ1) is 28.8. The maximum absolute atomic E-state index is 6.53. The van der Waals surface area contributed by atoms with E-state index in [1.165, 1.54) is 5.56 Å². The van der Waals surface area contributed by atoms with Crippen molar-refractivity contribution in [3.05, 3.63) is 127 Å². The second-order valence-corrected chi connectivity index (χ2v) is 13.2. The van der Waals surface area contributed by atoms with Crippen LogP contribution in [-0.2, 0) is 25.8 Å². The maximum Gasteiger partial charge on any atom is 2.00 e. The number of hydrogen-bond donors (Lipinski definition) is 0. The van der Waals surface area contributed by atoms with Crippen LogP contribution in [0.4, 0.5) is 0 Å². The van der Waals surface area contributed by atoms with Gasteiger partial charge in [-0.1, -0.05) is 109 Å². The van der Waals surface area contributed by atoms with E-state index in [-0.39, 0.29) is 25.8 Å². The summed E-state index contributed by atoms with van der Waals surface area (Å²) in [5, 5.41) is 6.09. The Kier molecular flexibility index (Phi) is 6.20. The van der Waals surface area contributed by atoms with Crippen molar-refractivity contribution in [2.75, 3.05) is 0 Å². The summed E-state index contributed by atoms with van der Waals surface area (Å²) < 4.78 is 10.9. The monoisotopic (exact) mass is 711 g/mol. The molecule has 10 rings (SSSR count). The normalized spacial score (nSPS) is 12.3. The van der Waals surface area contributed by atoms with Crippen molar-refractivity contribution in [1.29, 1.82) is 0 Å². The van der Waals surface area contributed by atoms with Crippen molar-refractivity contribution in [2.24, 2.45) is 0 Å². The third-order valence-electron chi connectivity index (χ3n) is 9.31. The predicted octanol–water partition coefficient (Wildman–Crippen LogP) is 9.98. The molecule has 0 radical (unpaired) electrons. The quantitative estimate of drug-likeness (QED) is 0.102. The molecule has 0 aliphatic carbocycles. The van der Waals surface area contributed by atoms with Crippen molar-refractivity contribution in [3.8, 4) is 11.5 Å². The zero-order valence-electron chi connectivity index (χ0n) is 26.4. The van der Waals surface area contributed by atoms with Crippen LogP contribution in [0.15, 0.2) is 109 Å². The Hall–Kier alpha value is -5.35. The Labute approximate surface area is 289 Å². The molecule has 0 spiro atoms. The van der Waals surface area contributed by atoms with Gasteiger partial charge in [-0.2, -0.15) is 0 Å². The molecule has 0 fully saturated rings. The number of nitrogens with zero attached hydrogens (tertiary/aromatic N) is 5. The number of pyridine rings is 3. The number of hydrogen-bond acceptors (Lipinski definition) is 4. The van der Waals surface area contributed by atoms with Gasteiger partial charge in [-0.25, -0.2) is 4.98 Å². The average molecular weight is 712 g/mol. The summed E-state index contributed by atoms with van der Waals surface area (Å²) in [6.45, 7) is 6.75. The van der Waals surface area contributed by atoms with E-state index >= 15 is 0 Å². The number of benzene rings is 5. The molecule has 232 valence electrons. The summed E-state index contributed by atoms with van der Waals surface area (Å²) in [5.74, 6) is 1.19. The first-order valence-electron chi connectivity index (χ1n) is 15.8. The fraction of sp³-hybridized carbons (Fsp3) is 0.0976. The predicted molar refractivity (Wildman–Crippen MR) is 190 cm³/mol. The summed E-state index contributed by atoms with van der Waals surface area (Å²) in [7, 11) is 0. The summed E-state index contributed by atoms with van der Waals surface area (Å²) in [5.41, 5.74) is 8.89. The minimum Gasteiger partial charge on any atom is -0.497 e. The molecule has 5 aromatic carbocycles. The van der Waals surface area contributed by atoms with Gasteiger partial charge in [0, 0.05) is 23.2 Å². The van der Waals surface area contributed by atoms with Gasteiger partial charge in [0.2, 0.25) is 0 Å². The molecule has 0 atom stereocenters. The molecule has 0 saturated heterocycles. The van der Waals surface area contributed by atoms with Crippen LogP contribution in [0.1, 0.15) is 26.3 Å². The van der Waals surface area contributed by atoms with E-state index in [1.54, 1.807) is 0 Å². The molecule has 5 aromatic heterocycles. The number of rotatable bonds is 2. The van der Waals surface area contributed by atoms with E-state index in [2.05, 4.69) is 102 Å². The molecule has 0 aliphatic rings. The van der Waals surface area contributed by atoms with Crippen LogP contribution >= 0.6 is 0 Å². The molecule has 10 aromatic rings. The van der Waals surface area contributed by atoms with E-state index in [1.807, 2.05) is 48.7 Å². The van der Waals surface area contributed by atoms with E-state index in [9.17, 15) is 0 Å². The van der Waals surface area contributed by atoms with E-state index in [0.717, 1.165) is 76.8 Å². The minimum atomic E-state index is 0. The number of fused-ring (bicyclic) bond motifs is 16. The molecule has 48 heavy (non-hydrogen) atoms. The van der Waals surface area contributed by atoms with Crippen LogP contribution in [0.3, 0.4) is 0 Å². The fourth-order valence-corrected chi connectivity index (χ4v) is 7.03. The zero-order valence-corrected chi connectivity index (χ0v) is 27.9. The van der Waals surface area contributed by atoms with Crippen LogP contribution in [0.2, 0.25) is 0 Å². The largest absolute Gasteiger partial charge is 2.00 e. The van der Waals surface area contributed by atoms with Crippen molar-refractivity contribution in [2.45, 2.75) is 26.2 Å². The van der Waals surface area contributed by atoms with Crippen LogP contribution in [-0.4, -0.2) is 23.8 Å². The summed E-state index contributed by atoms with van der Waals surface area (Å²) in [6, 6.07) is 42.6. The standard InChI is InChI=1S/C41H27N5O.Pd/c1-41(2,3)24-14-17-29-27-18-15-25(22-31(27)39-43-33-10-4-6-12-35(33)45(39)37(29)21-24)47-26-16-19-28-30-9-8-20-42-38(30)46-36-13-7-5-11-34(36)44-40(46)32(28)23-26;/h4-21H,1-3H3;/q-2;+2. The van der Waals surface area contributed by atoms with Crippen LogP contribution in [0, 0.1) is 12.1 Å². The van der Waals surface area contributed by atoms with Gasteiger partial charge in [0.05, 0.1) is 33.4 Å². The Bertz CT molecular complexity index is 2930. The summed E-state index contributed by atoms with van der Waals surface area (Å²) in [6.07, 6.45) is 1.83. The Morgan fingerprint density at radius 2 is 1.15 bits per heavy atom. The van der Waals surface area contributed by atoms with Gasteiger partial charge in [0.25, 0.3) is 0 Å². The smallest absolute Gasteiger partial charge is 0.497 e. The molecule has 5 heterocycles. The Morgan fingerprint density at radius 3 is 1.81 bits per heavy atom.